The molecule has 0 amide bonds. The summed E-state index contributed by atoms with van der Waals surface area (Å²) in [4.78, 5) is 12.1. The van der Waals surface area contributed by atoms with Gasteiger partial charge in [0, 0.05) is 11.1 Å². The van der Waals surface area contributed by atoms with E-state index in [9.17, 15) is 9.90 Å². The third kappa shape index (κ3) is 3.01. The van der Waals surface area contributed by atoms with Crippen LogP contribution >= 0.6 is 11.6 Å². The van der Waals surface area contributed by atoms with E-state index >= 15 is 0 Å². The van der Waals surface area contributed by atoms with E-state index in [4.69, 9.17) is 21.1 Å². The van der Waals surface area contributed by atoms with E-state index in [-0.39, 0.29) is 6.10 Å². The van der Waals surface area contributed by atoms with Crippen LogP contribution in [-0.4, -0.2) is 24.3 Å². The predicted molar refractivity (Wildman–Crippen MR) is 88.7 cm³/mol. The summed E-state index contributed by atoms with van der Waals surface area (Å²) in [7, 11) is 1.58. The first-order valence-electron chi connectivity index (χ1n) is 8.35. The number of methoxy groups -OCH3 is 1. The maximum atomic E-state index is 12.1. The van der Waals surface area contributed by atoms with Crippen molar-refractivity contribution in [3.05, 3.63) is 22.7 Å². The Morgan fingerprint density at radius 2 is 1.87 bits per heavy atom. The van der Waals surface area contributed by atoms with Crippen molar-refractivity contribution >= 4 is 17.6 Å². The number of aliphatic carboxylic acids is 1. The fourth-order valence-corrected chi connectivity index (χ4v) is 3.91. The molecule has 0 aliphatic heterocycles. The minimum Gasteiger partial charge on any atom is -0.493 e. The van der Waals surface area contributed by atoms with Crippen LogP contribution < -0.4 is 9.47 Å². The van der Waals surface area contributed by atoms with Gasteiger partial charge < -0.3 is 14.6 Å². The number of carbonyl (C=O) groups is 1. The minimum atomic E-state index is -0.903. The maximum Gasteiger partial charge on any atom is 0.314 e. The maximum absolute atomic E-state index is 12.1. The lowest BCUT2D eigenvalue weighted by molar-refractivity contribution is -0.145. The first-order chi connectivity index (χ1) is 11.1. The summed E-state index contributed by atoms with van der Waals surface area (Å²) in [6.07, 6.45) is 7.58. The zero-order valence-corrected chi connectivity index (χ0v) is 14.2. The molecule has 0 aromatic heterocycles. The molecule has 0 bridgehead atoms. The fraction of sp³-hybridized carbons (Fsp3) is 0.611. The second-order valence-corrected chi connectivity index (χ2v) is 7.01. The van der Waals surface area contributed by atoms with Crippen molar-refractivity contribution in [1.29, 1.82) is 0 Å². The second-order valence-electron chi connectivity index (χ2n) is 6.60. The molecular weight excluding hydrogens is 316 g/mol. The smallest absolute Gasteiger partial charge is 0.314 e. The number of carboxylic acid groups (broad SMARTS) is 1. The molecule has 0 heterocycles. The van der Waals surface area contributed by atoms with E-state index in [2.05, 4.69) is 0 Å². The third-order valence-corrected chi connectivity index (χ3v) is 5.54. The van der Waals surface area contributed by atoms with Crippen molar-refractivity contribution < 1.29 is 19.4 Å². The monoisotopic (exact) mass is 338 g/mol. The van der Waals surface area contributed by atoms with Gasteiger partial charge in [0.15, 0.2) is 11.5 Å². The minimum absolute atomic E-state index is 0.199. The van der Waals surface area contributed by atoms with Gasteiger partial charge in [0.05, 0.1) is 18.6 Å². The van der Waals surface area contributed by atoms with Crippen molar-refractivity contribution in [1.82, 2.24) is 0 Å². The lowest BCUT2D eigenvalue weighted by atomic mass is 9.69. The Balaban J connectivity index is 2.02. The average molecular weight is 339 g/mol. The topological polar surface area (TPSA) is 55.8 Å². The molecule has 4 nitrogen and oxygen atoms in total. The summed E-state index contributed by atoms with van der Waals surface area (Å²) in [5.74, 6) is 0.392. The van der Waals surface area contributed by atoms with E-state index in [1.807, 2.05) is 0 Å². The normalized spacial score (nSPS) is 20.6. The molecule has 2 aliphatic rings. The number of halogens is 1. The highest BCUT2D eigenvalue weighted by Crippen LogP contribution is 2.46. The molecule has 126 valence electrons. The summed E-state index contributed by atoms with van der Waals surface area (Å²) >= 11 is 6.43. The van der Waals surface area contributed by atoms with Crippen LogP contribution in [0.25, 0.3) is 0 Å². The van der Waals surface area contributed by atoms with Crippen molar-refractivity contribution in [3.63, 3.8) is 0 Å². The lowest BCUT2D eigenvalue weighted by Crippen LogP contribution is -2.38. The molecule has 5 heteroatoms. The average Bonchev–Trinajstić information content (AvgIpc) is 2.52. The van der Waals surface area contributed by atoms with Gasteiger partial charge in [-0.25, -0.2) is 0 Å². The van der Waals surface area contributed by atoms with E-state index < -0.39 is 11.4 Å². The molecule has 1 N–H and O–H groups in total. The van der Waals surface area contributed by atoms with Gasteiger partial charge in [-0.15, -0.1) is 0 Å². The number of carboxylic acids is 1. The van der Waals surface area contributed by atoms with Crippen LogP contribution in [0.4, 0.5) is 0 Å². The molecular formula is C18H23ClO4. The van der Waals surface area contributed by atoms with Gasteiger partial charge in [-0.05, 0) is 43.7 Å². The van der Waals surface area contributed by atoms with Crippen LogP contribution in [0.2, 0.25) is 5.02 Å². The first-order valence-corrected chi connectivity index (χ1v) is 8.73. The Kier molecular flexibility index (Phi) is 4.72. The fourth-order valence-electron chi connectivity index (χ4n) is 3.58. The number of benzene rings is 1. The highest BCUT2D eigenvalue weighted by molar-refractivity contribution is 6.32. The van der Waals surface area contributed by atoms with Gasteiger partial charge in [-0.3, -0.25) is 4.79 Å². The molecule has 0 atom stereocenters. The molecule has 2 aliphatic carbocycles. The summed E-state index contributed by atoms with van der Waals surface area (Å²) in [6, 6.07) is 3.50. The van der Waals surface area contributed by atoms with Crippen LogP contribution in [-0.2, 0) is 10.2 Å². The highest BCUT2D eigenvalue weighted by Gasteiger charge is 2.43. The predicted octanol–water partition coefficient (Wildman–Crippen LogP) is 4.57. The summed E-state index contributed by atoms with van der Waals surface area (Å²) in [5.41, 5.74) is -0.235. The largest absolute Gasteiger partial charge is 0.493 e. The van der Waals surface area contributed by atoms with Gasteiger partial charge in [-0.2, -0.15) is 0 Å². The van der Waals surface area contributed by atoms with Crippen LogP contribution in [0.5, 0.6) is 11.5 Å². The zero-order valence-electron chi connectivity index (χ0n) is 13.4. The standard InChI is InChI=1S/C18H23ClO4/c1-22-15-11-14(19)13(10-16(15)23-12-6-5-7-12)18(17(20)21)8-3-2-4-9-18/h10-12H,2-9H2,1H3,(H,20,21). The van der Waals surface area contributed by atoms with Gasteiger partial charge in [-0.1, -0.05) is 30.9 Å². The summed E-state index contributed by atoms with van der Waals surface area (Å²) < 4.78 is 11.4. The van der Waals surface area contributed by atoms with Crippen molar-refractivity contribution in [3.8, 4) is 11.5 Å². The third-order valence-electron chi connectivity index (χ3n) is 5.23. The Morgan fingerprint density at radius 3 is 2.39 bits per heavy atom. The Morgan fingerprint density at radius 1 is 1.17 bits per heavy atom. The molecule has 0 saturated heterocycles. The van der Waals surface area contributed by atoms with Gasteiger partial charge in [0.2, 0.25) is 0 Å². The molecule has 2 saturated carbocycles. The van der Waals surface area contributed by atoms with E-state index in [1.165, 1.54) is 6.42 Å². The summed E-state index contributed by atoms with van der Waals surface area (Å²) in [6.45, 7) is 0. The van der Waals surface area contributed by atoms with Crippen LogP contribution in [0, 0.1) is 0 Å². The molecule has 3 rings (SSSR count). The van der Waals surface area contributed by atoms with E-state index in [0.29, 0.717) is 34.9 Å². The molecule has 23 heavy (non-hydrogen) atoms. The lowest BCUT2D eigenvalue weighted by Gasteiger charge is -2.35. The Bertz CT molecular complexity index is 589. The van der Waals surface area contributed by atoms with Crippen LogP contribution in [0.1, 0.15) is 56.9 Å². The van der Waals surface area contributed by atoms with Crippen molar-refractivity contribution in [2.24, 2.45) is 0 Å². The summed E-state index contributed by atoms with van der Waals surface area (Å²) in [5, 5.41) is 10.3. The van der Waals surface area contributed by atoms with Crippen molar-refractivity contribution in [2.45, 2.75) is 62.9 Å². The van der Waals surface area contributed by atoms with Gasteiger partial charge >= 0.3 is 5.97 Å². The SMILES string of the molecule is COc1cc(Cl)c(C2(C(=O)O)CCCCC2)cc1OC1CCC1. The second kappa shape index (κ2) is 6.60. The van der Waals surface area contributed by atoms with Crippen LogP contribution in [0.15, 0.2) is 12.1 Å². The Labute approximate surface area is 141 Å². The molecule has 2 fully saturated rings. The highest BCUT2D eigenvalue weighted by atomic mass is 35.5. The molecule has 0 radical (unpaired) electrons. The molecule has 0 spiro atoms. The van der Waals surface area contributed by atoms with Crippen LogP contribution in [0.3, 0.4) is 0 Å². The molecule has 1 aromatic carbocycles. The van der Waals surface area contributed by atoms with Gasteiger partial charge in [0.25, 0.3) is 0 Å². The number of rotatable bonds is 5. The number of ether oxygens (including phenoxy) is 2. The molecule has 0 unspecified atom stereocenters. The van der Waals surface area contributed by atoms with Crippen molar-refractivity contribution in [2.75, 3.05) is 7.11 Å². The Hall–Kier alpha value is -1.42. The first kappa shape index (κ1) is 16.4. The zero-order chi connectivity index (χ0) is 16.4. The molecule has 1 aromatic rings. The van der Waals surface area contributed by atoms with E-state index in [1.54, 1.807) is 19.2 Å². The number of hydrogen-bond acceptors (Lipinski definition) is 3. The quantitative estimate of drug-likeness (QED) is 0.854. The van der Waals surface area contributed by atoms with E-state index in [0.717, 1.165) is 32.1 Å². The number of hydrogen-bond donors (Lipinski definition) is 1. The van der Waals surface area contributed by atoms with Gasteiger partial charge in [0.1, 0.15) is 0 Å².